The van der Waals surface area contributed by atoms with Crippen LogP contribution in [0.25, 0.3) is 0 Å². The van der Waals surface area contributed by atoms with E-state index in [0.29, 0.717) is 18.4 Å². The molecule has 1 amide bonds. The number of aliphatic carboxylic acids is 1. The summed E-state index contributed by atoms with van der Waals surface area (Å²) in [5, 5.41) is 8.88. The second-order valence-electron chi connectivity index (χ2n) is 6.58. The summed E-state index contributed by atoms with van der Waals surface area (Å²) >= 11 is 0. The van der Waals surface area contributed by atoms with Crippen LogP contribution in [0, 0.1) is 29.6 Å². The van der Waals surface area contributed by atoms with Crippen LogP contribution < -0.4 is 0 Å². The highest BCUT2D eigenvalue weighted by atomic mass is 16.4. The number of hydrogen-bond acceptors (Lipinski definition) is 2. The van der Waals surface area contributed by atoms with Crippen molar-refractivity contribution in [1.29, 1.82) is 0 Å². The number of carboxylic acids is 1. The van der Waals surface area contributed by atoms with Crippen molar-refractivity contribution < 1.29 is 14.7 Å². The number of nitrogens with zero attached hydrogens (tertiary/aromatic N) is 1. The molecule has 4 heteroatoms. The molecular weight excluding hydrogens is 242 g/mol. The number of carboxylic acid groups (broad SMARTS) is 1. The molecule has 5 unspecified atom stereocenters. The van der Waals surface area contributed by atoms with Gasteiger partial charge in [-0.2, -0.15) is 0 Å². The summed E-state index contributed by atoms with van der Waals surface area (Å²) < 4.78 is 0. The average Bonchev–Trinajstić information content (AvgIpc) is 2.78. The molecular formula is C15H23NO3. The largest absolute Gasteiger partial charge is 0.481 e. The lowest BCUT2D eigenvalue weighted by atomic mass is 10.0. The monoisotopic (exact) mass is 265 g/mol. The lowest BCUT2D eigenvalue weighted by Gasteiger charge is -2.28. The molecule has 0 aromatic heterocycles. The number of rotatable bonds is 5. The summed E-state index contributed by atoms with van der Waals surface area (Å²) in [5.74, 6) is 2.48. The highest BCUT2D eigenvalue weighted by Gasteiger charge is 2.68. The molecule has 3 saturated carbocycles. The molecule has 19 heavy (non-hydrogen) atoms. The molecule has 2 bridgehead atoms. The van der Waals surface area contributed by atoms with Crippen LogP contribution in [0.15, 0.2) is 0 Å². The zero-order valence-electron chi connectivity index (χ0n) is 11.7. The van der Waals surface area contributed by atoms with Crippen molar-refractivity contribution in [2.24, 2.45) is 29.6 Å². The summed E-state index contributed by atoms with van der Waals surface area (Å²) in [4.78, 5) is 25.2. The summed E-state index contributed by atoms with van der Waals surface area (Å²) in [6.45, 7) is 4.42. The van der Waals surface area contributed by atoms with Gasteiger partial charge in [-0.1, -0.05) is 0 Å². The fourth-order valence-corrected chi connectivity index (χ4v) is 4.89. The van der Waals surface area contributed by atoms with Crippen molar-refractivity contribution in [2.75, 3.05) is 6.54 Å². The smallest absolute Gasteiger partial charge is 0.305 e. The standard InChI is InChI=1S/C15H23NO3/c1-3-16(8(2)6-11(17)18)15(19)14-12-9-4-5-10(7-9)13(12)14/h8-10,12-14H,3-7H2,1-2H3,(H,17,18). The van der Waals surface area contributed by atoms with Gasteiger partial charge in [-0.25, -0.2) is 0 Å². The van der Waals surface area contributed by atoms with Crippen LogP contribution in [0.5, 0.6) is 0 Å². The number of fused-ring (bicyclic) bond motifs is 5. The molecule has 5 atom stereocenters. The Bertz CT molecular complexity index is 392. The molecule has 3 rings (SSSR count). The lowest BCUT2D eigenvalue weighted by molar-refractivity contribution is -0.141. The summed E-state index contributed by atoms with van der Waals surface area (Å²) in [6, 6.07) is -0.186. The van der Waals surface area contributed by atoms with Crippen molar-refractivity contribution in [2.45, 2.75) is 45.6 Å². The van der Waals surface area contributed by atoms with E-state index in [1.165, 1.54) is 19.3 Å². The molecule has 106 valence electrons. The number of hydrogen-bond donors (Lipinski definition) is 1. The van der Waals surface area contributed by atoms with E-state index in [0.717, 1.165) is 11.8 Å². The predicted octanol–water partition coefficient (Wildman–Crippen LogP) is 1.99. The first-order chi connectivity index (χ1) is 9.04. The molecule has 0 heterocycles. The van der Waals surface area contributed by atoms with Gasteiger partial charge in [0.25, 0.3) is 0 Å². The molecule has 3 aliphatic rings. The Morgan fingerprint density at radius 2 is 1.84 bits per heavy atom. The van der Waals surface area contributed by atoms with Crippen LogP contribution in [0.1, 0.15) is 39.5 Å². The van der Waals surface area contributed by atoms with Crippen LogP contribution in [0.4, 0.5) is 0 Å². The first kappa shape index (κ1) is 12.9. The maximum atomic E-state index is 12.6. The van der Waals surface area contributed by atoms with Gasteiger partial charge in [0.1, 0.15) is 0 Å². The third-order valence-electron chi connectivity index (χ3n) is 5.65. The first-order valence-corrected chi connectivity index (χ1v) is 7.56. The number of amides is 1. The van der Waals surface area contributed by atoms with E-state index in [1.807, 2.05) is 13.8 Å². The molecule has 1 N–H and O–H groups in total. The first-order valence-electron chi connectivity index (χ1n) is 7.56. The summed E-state index contributed by atoms with van der Waals surface area (Å²) in [7, 11) is 0. The van der Waals surface area contributed by atoms with E-state index in [2.05, 4.69) is 0 Å². The average molecular weight is 265 g/mol. The lowest BCUT2D eigenvalue weighted by Crippen LogP contribution is -2.41. The summed E-state index contributed by atoms with van der Waals surface area (Å²) in [5.41, 5.74) is 0. The molecule has 0 radical (unpaired) electrons. The number of carbonyl (C=O) groups excluding carboxylic acids is 1. The fraction of sp³-hybridized carbons (Fsp3) is 0.867. The highest BCUT2D eigenvalue weighted by molar-refractivity contribution is 5.83. The zero-order chi connectivity index (χ0) is 13.7. The molecule has 0 saturated heterocycles. The Balaban J connectivity index is 1.65. The van der Waals surface area contributed by atoms with Gasteiger partial charge in [0.15, 0.2) is 0 Å². The highest BCUT2D eigenvalue weighted by Crippen LogP contribution is 2.69. The van der Waals surface area contributed by atoms with E-state index in [-0.39, 0.29) is 24.3 Å². The van der Waals surface area contributed by atoms with E-state index in [4.69, 9.17) is 5.11 Å². The van der Waals surface area contributed by atoms with Crippen LogP contribution >= 0.6 is 0 Å². The van der Waals surface area contributed by atoms with E-state index in [9.17, 15) is 9.59 Å². The van der Waals surface area contributed by atoms with Gasteiger partial charge in [0.2, 0.25) is 5.91 Å². The van der Waals surface area contributed by atoms with Gasteiger partial charge >= 0.3 is 5.97 Å². The quantitative estimate of drug-likeness (QED) is 0.827. The molecule has 3 aliphatic carbocycles. The Labute approximate surface area is 114 Å². The van der Waals surface area contributed by atoms with Crippen LogP contribution in [0.3, 0.4) is 0 Å². The molecule has 3 fully saturated rings. The van der Waals surface area contributed by atoms with E-state index >= 15 is 0 Å². The van der Waals surface area contributed by atoms with Crippen molar-refractivity contribution in [3.63, 3.8) is 0 Å². The molecule has 0 spiro atoms. The van der Waals surface area contributed by atoms with Gasteiger partial charge in [-0.3, -0.25) is 9.59 Å². The van der Waals surface area contributed by atoms with Gasteiger partial charge in [-0.05, 0) is 56.8 Å². The fourth-order valence-electron chi connectivity index (χ4n) is 4.89. The third-order valence-corrected chi connectivity index (χ3v) is 5.65. The Hall–Kier alpha value is -1.06. The maximum Gasteiger partial charge on any atom is 0.305 e. The van der Waals surface area contributed by atoms with Crippen molar-refractivity contribution in [3.05, 3.63) is 0 Å². The topological polar surface area (TPSA) is 57.6 Å². The Morgan fingerprint density at radius 1 is 1.26 bits per heavy atom. The minimum atomic E-state index is -0.824. The minimum absolute atomic E-state index is 0.0501. The second kappa shape index (κ2) is 4.50. The normalized spacial score (nSPS) is 39.8. The second-order valence-corrected chi connectivity index (χ2v) is 6.58. The summed E-state index contributed by atoms with van der Waals surface area (Å²) in [6.07, 6.45) is 4.02. The maximum absolute atomic E-state index is 12.6. The number of carbonyl (C=O) groups is 2. The zero-order valence-corrected chi connectivity index (χ0v) is 11.7. The van der Waals surface area contributed by atoms with Crippen LogP contribution in [-0.2, 0) is 9.59 Å². The Morgan fingerprint density at radius 3 is 2.32 bits per heavy atom. The predicted molar refractivity (Wildman–Crippen MR) is 70.4 cm³/mol. The molecule has 4 nitrogen and oxygen atoms in total. The molecule has 0 aromatic rings. The molecule has 0 aliphatic heterocycles. The third kappa shape index (κ3) is 1.96. The van der Waals surface area contributed by atoms with Crippen LogP contribution in [-0.4, -0.2) is 34.5 Å². The molecule has 0 aromatic carbocycles. The van der Waals surface area contributed by atoms with Crippen LogP contribution in [0.2, 0.25) is 0 Å². The van der Waals surface area contributed by atoms with E-state index < -0.39 is 5.97 Å². The Kier molecular flexibility index (Phi) is 3.06. The minimum Gasteiger partial charge on any atom is -0.481 e. The van der Waals surface area contributed by atoms with Crippen molar-refractivity contribution >= 4 is 11.9 Å². The van der Waals surface area contributed by atoms with Crippen molar-refractivity contribution in [1.82, 2.24) is 4.90 Å². The van der Waals surface area contributed by atoms with Crippen molar-refractivity contribution in [3.8, 4) is 0 Å². The van der Waals surface area contributed by atoms with Gasteiger partial charge in [0.05, 0.1) is 6.42 Å². The van der Waals surface area contributed by atoms with Gasteiger partial charge in [0, 0.05) is 18.5 Å². The SMILES string of the molecule is CCN(C(=O)C1C2C3CCC(C3)C12)C(C)CC(=O)O. The van der Waals surface area contributed by atoms with E-state index in [1.54, 1.807) is 4.90 Å². The van der Waals surface area contributed by atoms with Gasteiger partial charge < -0.3 is 10.0 Å². The van der Waals surface area contributed by atoms with Gasteiger partial charge in [-0.15, -0.1) is 0 Å².